The van der Waals surface area contributed by atoms with E-state index in [1.54, 1.807) is 37.3 Å². The maximum Gasteiger partial charge on any atom is 0.335 e. The second kappa shape index (κ2) is 10.5. The van der Waals surface area contributed by atoms with Crippen LogP contribution in [0.1, 0.15) is 27.0 Å². The van der Waals surface area contributed by atoms with E-state index in [-0.39, 0.29) is 10.5 Å². The van der Waals surface area contributed by atoms with Gasteiger partial charge in [0.25, 0.3) is 15.9 Å². The first-order valence-corrected chi connectivity index (χ1v) is 11.9. The van der Waals surface area contributed by atoms with Gasteiger partial charge in [-0.05, 0) is 67.4 Å². The molecular formula is C24H22ClN3O5S. The second-order valence-corrected chi connectivity index (χ2v) is 9.77. The molecule has 0 aliphatic carbocycles. The molecule has 2 N–H and O–H groups in total. The van der Waals surface area contributed by atoms with Crippen molar-refractivity contribution in [2.24, 2.45) is 5.10 Å². The Kier molecular flexibility index (Phi) is 7.70. The fourth-order valence-electron chi connectivity index (χ4n) is 3.09. The summed E-state index contributed by atoms with van der Waals surface area (Å²) < 4.78 is 27.9. The van der Waals surface area contributed by atoms with Gasteiger partial charge in [0, 0.05) is 5.02 Å². The van der Waals surface area contributed by atoms with Gasteiger partial charge in [-0.3, -0.25) is 9.10 Å². The highest BCUT2D eigenvalue weighted by atomic mass is 35.5. The number of halogens is 1. The van der Waals surface area contributed by atoms with Gasteiger partial charge in [-0.15, -0.1) is 0 Å². The minimum Gasteiger partial charge on any atom is -0.478 e. The molecule has 0 aromatic heterocycles. The standard InChI is InChI=1S/C24H22ClN3O5S/c1-16-3-10-21(11-4-16)34(32,33)28(22-12-9-20(25)13-17(22)2)15-23(29)27-26-14-18-5-7-19(8-6-18)24(30)31/h3-14H,15H2,1-2H3,(H,27,29)(H,30,31)/b26-14-. The lowest BCUT2D eigenvalue weighted by Gasteiger charge is -2.25. The third-order valence-corrected chi connectivity index (χ3v) is 6.89. The molecular weight excluding hydrogens is 478 g/mol. The molecule has 10 heteroatoms. The van der Waals surface area contributed by atoms with Crippen molar-refractivity contribution in [2.75, 3.05) is 10.8 Å². The molecule has 0 heterocycles. The lowest BCUT2D eigenvalue weighted by Crippen LogP contribution is -2.40. The fourth-order valence-corrected chi connectivity index (χ4v) is 4.80. The summed E-state index contributed by atoms with van der Waals surface area (Å²) in [7, 11) is -4.07. The van der Waals surface area contributed by atoms with Gasteiger partial charge in [-0.1, -0.05) is 41.4 Å². The Morgan fingerprint density at radius 3 is 2.26 bits per heavy atom. The Labute approximate surface area is 202 Å². The average molecular weight is 500 g/mol. The van der Waals surface area contributed by atoms with Crippen LogP contribution in [0.25, 0.3) is 0 Å². The van der Waals surface area contributed by atoms with Crippen LogP contribution in [0.2, 0.25) is 5.02 Å². The number of carbonyl (C=O) groups is 2. The zero-order valence-corrected chi connectivity index (χ0v) is 20.0. The molecule has 0 radical (unpaired) electrons. The predicted molar refractivity (Wildman–Crippen MR) is 131 cm³/mol. The molecule has 0 atom stereocenters. The average Bonchev–Trinajstić information content (AvgIpc) is 2.78. The Bertz CT molecular complexity index is 1340. The van der Waals surface area contributed by atoms with E-state index in [1.807, 2.05) is 6.92 Å². The smallest absolute Gasteiger partial charge is 0.335 e. The number of hydrazone groups is 1. The van der Waals surface area contributed by atoms with E-state index in [2.05, 4.69) is 10.5 Å². The van der Waals surface area contributed by atoms with Crippen LogP contribution < -0.4 is 9.73 Å². The largest absolute Gasteiger partial charge is 0.478 e. The van der Waals surface area contributed by atoms with Crippen molar-refractivity contribution in [3.05, 3.63) is 94.0 Å². The van der Waals surface area contributed by atoms with E-state index in [9.17, 15) is 18.0 Å². The Balaban J connectivity index is 1.84. The SMILES string of the molecule is Cc1ccc(S(=O)(=O)N(CC(=O)N/N=C\c2ccc(C(=O)O)cc2)c2ccc(Cl)cc2C)cc1. The first kappa shape index (κ1) is 24.9. The van der Waals surface area contributed by atoms with Crippen molar-refractivity contribution in [3.63, 3.8) is 0 Å². The van der Waals surface area contributed by atoms with Gasteiger partial charge in [-0.25, -0.2) is 18.6 Å². The number of hydrogen-bond donors (Lipinski definition) is 2. The highest BCUT2D eigenvalue weighted by Crippen LogP contribution is 2.29. The highest BCUT2D eigenvalue weighted by Gasteiger charge is 2.28. The van der Waals surface area contributed by atoms with E-state index in [1.165, 1.54) is 42.6 Å². The topological polar surface area (TPSA) is 116 Å². The van der Waals surface area contributed by atoms with Crippen LogP contribution >= 0.6 is 11.6 Å². The molecule has 0 fully saturated rings. The normalized spacial score (nSPS) is 11.4. The van der Waals surface area contributed by atoms with Gasteiger partial charge in [0.15, 0.2) is 0 Å². The number of benzene rings is 3. The van der Waals surface area contributed by atoms with Crippen molar-refractivity contribution < 1.29 is 23.1 Å². The lowest BCUT2D eigenvalue weighted by molar-refractivity contribution is -0.119. The predicted octanol–water partition coefficient (Wildman–Crippen LogP) is 4.00. The second-order valence-electron chi connectivity index (χ2n) is 7.48. The van der Waals surface area contributed by atoms with E-state index < -0.39 is 28.4 Å². The van der Waals surface area contributed by atoms with Crippen LogP contribution in [0.15, 0.2) is 76.7 Å². The molecule has 176 valence electrons. The Morgan fingerprint density at radius 2 is 1.68 bits per heavy atom. The molecule has 3 rings (SSSR count). The van der Waals surface area contributed by atoms with Gasteiger partial charge in [0.05, 0.1) is 22.4 Å². The quantitative estimate of drug-likeness (QED) is 0.359. The maximum atomic E-state index is 13.4. The van der Waals surface area contributed by atoms with E-state index in [0.29, 0.717) is 21.8 Å². The molecule has 0 saturated carbocycles. The maximum absolute atomic E-state index is 13.4. The third kappa shape index (κ3) is 6.00. The number of aromatic carboxylic acids is 1. The molecule has 0 saturated heterocycles. The van der Waals surface area contributed by atoms with E-state index in [4.69, 9.17) is 16.7 Å². The molecule has 0 aliphatic heterocycles. The number of nitrogens with zero attached hydrogens (tertiary/aromatic N) is 2. The number of amides is 1. The van der Waals surface area contributed by atoms with Gasteiger partial charge in [-0.2, -0.15) is 5.10 Å². The monoisotopic (exact) mass is 499 g/mol. The van der Waals surface area contributed by atoms with Crippen LogP contribution in [-0.4, -0.2) is 38.2 Å². The third-order valence-electron chi connectivity index (χ3n) is 4.88. The van der Waals surface area contributed by atoms with E-state index >= 15 is 0 Å². The Morgan fingerprint density at radius 1 is 1.03 bits per heavy atom. The van der Waals surface area contributed by atoms with Gasteiger partial charge < -0.3 is 5.11 Å². The van der Waals surface area contributed by atoms with Crippen LogP contribution in [-0.2, 0) is 14.8 Å². The molecule has 0 unspecified atom stereocenters. The zero-order valence-electron chi connectivity index (χ0n) is 18.4. The van der Waals surface area contributed by atoms with Gasteiger partial charge >= 0.3 is 5.97 Å². The zero-order chi connectivity index (χ0) is 24.9. The van der Waals surface area contributed by atoms with Gasteiger partial charge in [0.1, 0.15) is 6.54 Å². The van der Waals surface area contributed by atoms with Crippen molar-refractivity contribution in [3.8, 4) is 0 Å². The van der Waals surface area contributed by atoms with Crippen molar-refractivity contribution in [2.45, 2.75) is 18.7 Å². The molecule has 3 aromatic carbocycles. The van der Waals surface area contributed by atoms with Gasteiger partial charge in [0.2, 0.25) is 0 Å². The molecule has 0 bridgehead atoms. The minimum absolute atomic E-state index is 0.0438. The van der Waals surface area contributed by atoms with Crippen molar-refractivity contribution >= 4 is 45.4 Å². The molecule has 0 aliphatic rings. The van der Waals surface area contributed by atoms with Crippen molar-refractivity contribution in [1.82, 2.24) is 5.43 Å². The molecule has 0 spiro atoms. The number of aryl methyl sites for hydroxylation is 2. The van der Waals surface area contributed by atoms with Crippen LogP contribution in [0, 0.1) is 13.8 Å². The summed E-state index contributed by atoms with van der Waals surface area (Å²) in [6.45, 7) is 3.03. The lowest BCUT2D eigenvalue weighted by atomic mass is 10.1. The summed E-state index contributed by atoms with van der Waals surface area (Å²) in [4.78, 5) is 23.6. The van der Waals surface area contributed by atoms with Crippen LogP contribution in [0.4, 0.5) is 5.69 Å². The molecule has 34 heavy (non-hydrogen) atoms. The van der Waals surface area contributed by atoms with Crippen molar-refractivity contribution in [1.29, 1.82) is 0 Å². The number of hydrogen-bond acceptors (Lipinski definition) is 5. The first-order chi connectivity index (χ1) is 16.1. The number of sulfonamides is 1. The molecule has 8 nitrogen and oxygen atoms in total. The summed E-state index contributed by atoms with van der Waals surface area (Å²) in [5.74, 6) is -1.72. The number of carbonyl (C=O) groups excluding carboxylic acids is 1. The number of rotatable bonds is 8. The van der Waals surface area contributed by atoms with Crippen LogP contribution in [0.5, 0.6) is 0 Å². The summed E-state index contributed by atoms with van der Waals surface area (Å²) in [5, 5.41) is 13.2. The highest BCUT2D eigenvalue weighted by molar-refractivity contribution is 7.92. The number of anilines is 1. The fraction of sp³-hybridized carbons (Fsp3) is 0.125. The van der Waals surface area contributed by atoms with Crippen LogP contribution in [0.3, 0.4) is 0 Å². The summed E-state index contributed by atoms with van der Waals surface area (Å²) in [5.41, 5.74) is 4.79. The molecule has 1 amide bonds. The summed E-state index contributed by atoms with van der Waals surface area (Å²) in [6.07, 6.45) is 1.33. The van der Waals surface area contributed by atoms with E-state index in [0.717, 1.165) is 9.87 Å². The molecule has 3 aromatic rings. The summed E-state index contributed by atoms with van der Waals surface area (Å²) in [6, 6.07) is 16.9. The number of carboxylic acids is 1. The first-order valence-electron chi connectivity index (χ1n) is 10.1. The Hall–Kier alpha value is -3.69. The number of carboxylic acid groups (broad SMARTS) is 1. The summed E-state index contributed by atoms with van der Waals surface area (Å²) >= 11 is 6.03. The minimum atomic E-state index is -4.07. The number of nitrogens with one attached hydrogen (secondary N) is 1.